The number of nitrogens with one attached hydrogen (secondary N) is 2. The number of hydrogen-bond acceptors (Lipinski definition) is 4. The largest absolute Gasteiger partial charge is 0.493 e. The fraction of sp³-hybridized carbons (Fsp3) is 0.333. The van der Waals surface area contributed by atoms with Crippen LogP contribution in [-0.4, -0.2) is 45.7 Å². The fourth-order valence-electron chi connectivity index (χ4n) is 3.23. The van der Waals surface area contributed by atoms with Crippen molar-refractivity contribution in [1.29, 1.82) is 0 Å². The summed E-state index contributed by atoms with van der Waals surface area (Å²) >= 11 is 0. The molecule has 0 saturated carbocycles. The van der Waals surface area contributed by atoms with E-state index in [9.17, 15) is 4.79 Å². The van der Waals surface area contributed by atoms with Crippen LogP contribution in [0.25, 0.3) is 0 Å². The number of halogens is 1. The minimum atomic E-state index is 0. The molecule has 0 spiro atoms. The van der Waals surface area contributed by atoms with Crippen molar-refractivity contribution in [2.24, 2.45) is 4.99 Å². The third-order valence-corrected chi connectivity index (χ3v) is 4.67. The zero-order valence-electron chi connectivity index (χ0n) is 16.8. The summed E-state index contributed by atoms with van der Waals surface area (Å²) in [6.07, 6.45) is 0.436. The Morgan fingerprint density at radius 1 is 1.14 bits per heavy atom. The number of methoxy groups -OCH3 is 2. The predicted octanol–water partition coefficient (Wildman–Crippen LogP) is 2.79. The van der Waals surface area contributed by atoms with Crippen LogP contribution in [0.3, 0.4) is 0 Å². The Hall–Kier alpha value is -2.49. The minimum absolute atomic E-state index is 0. The number of nitrogens with zero attached hydrogens (tertiary/aromatic N) is 2. The Labute approximate surface area is 188 Å². The van der Waals surface area contributed by atoms with Crippen molar-refractivity contribution in [3.05, 3.63) is 54.1 Å². The highest BCUT2D eigenvalue weighted by atomic mass is 127. The van der Waals surface area contributed by atoms with Gasteiger partial charge in [-0.05, 0) is 29.8 Å². The Bertz CT molecular complexity index is 845. The van der Waals surface area contributed by atoms with Crippen LogP contribution in [0, 0.1) is 0 Å². The molecule has 1 atom stereocenters. The lowest BCUT2D eigenvalue weighted by Gasteiger charge is -2.19. The first kappa shape index (κ1) is 22.8. The van der Waals surface area contributed by atoms with Gasteiger partial charge in [-0.3, -0.25) is 9.79 Å². The second kappa shape index (κ2) is 10.9. The van der Waals surface area contributed by atoms with Gasteiger partial charge in [0.15, 0.2) is 17.5 Å². The molecule has 1 heterocycles. The zero-order valence-corrected chi connectivity index (χ0v) is 19.2. The molecular formula is C21H27IN4O3. The topological polar surface area (TPSA) is 75.2 Å². The van der Waals surface area contributed by atoms with Gasteiger partial charge in [0, 0.05) is 32.2 Å². The number of rotatable bonds is 6. The molecular weight excluding hydrogens is 483 g/mol. The zero-order chi connectivity index (χ0) is 19.9. The van der Waals surface area contributed by atoms with Gasteiger partial charge < -0.3 is 25.0 Å². The number of para-hydroxylation sites is 1. The van der Waals surface area contributed by atoms with Gasteiger partial charge >= 0.3 is 0 Å². The molecule has 1 unspecified atom stereocenters. The van der Waals surface area contributed by atoms with Crippen LogP contribution in [0.15, 0.2) is 53.5 Å². The van der Waals surface area contributed by atoms with Gasteiger partial charge in [0.05, 0.1) is 20.3 Å². The molecule has 1 aliphatic heterocycles. The minimum Gasteiger partial charge on any atom is -0.493 e. The van der Waals surface area contributed by atoms with Gasteiger partial charge in [-0.15, -0.1) is 24.0 Å². The third kappa shape index (κ3) is 5.75. The van der Waals surface area contributed by atoms with Crippen LogP contribution < -0.4 is 25.0 Å². The van der Waals surface area contributed by atoms with Crippen LogP contribution in [0.4, 0.5) is 5.69 Å². The summed E-state index contributed by atoms with van der Waals surface area (Å²) < 4.78 is 10.6. The van der Waals surface area contributed by atoms with Crippen molar-refractivity contribution >= 4 is 41.5 Å². The smallest absolute Gasteiger partial charge is 0.229 e. The van der Waals surface area contributed by atoms with Crippen LogP contribution in [0.5, 0.6) is 11.5 Å². The molecule has 1 saturated heterocycles. The fourth-order valence-corrected chi connectivity index (χ4v) is 3.23. The molecule has 0 aliphatic carbocycles. The first-order chi connectivity index (χ1) is 13.6. The number of ether oxygens (including phenoxy) is 2. The van der Waals surface area contributed by atoms with E-state index < -0.39 is 0 Å². The van der Waals surface area contributed by atoms with Gasteiger partial charge in [0.25, 0.3) is 0 Å². The molecule has 0 bridgehead atoms. The molecule has 2 aromatic rings. The van der Waals surface area contributed by atoms with Crippen molar-refractivity contribution < 1.29 is 14.3 Å². The van der Waals surface area contributed by atoms with Gasteiger partial charge in [-0.2, -0.15) is 0 Å². The molecule has 2 aromatic carbocycles. The van der Waals surface area contributed by atoms with E-state index in [0.717, 1.165) is 11.3 Å². The molecule has 1 aliphatic rings. The van der Waals surface area contributed by atoms with Gasteiger partial charge in [-0.1, -0.05) is 24.3 Å². The lowest BCUT2D eigenvalue weighted by atomic mass is 10.2. The summed E-state index contributed by atoms with van der Waals surface area (Å²) in [5.74, 6) is 2.14. The molecule has 7 nitrogen and oxygen atoms in total. The highest BCUT2D eigenvalue weighted by molar-refractivity contribution is 14.0. The lowest BCUT2D eigenvalue weighted by Crippen LogP contribution is -2.44. The normalized spacial score (nSPS) is 16.2. The molecule has 0 radical (unpaired) electrons. The number of amides is 1. The quantitative estimate of drug-likeness (QED) is 0.355. The van der Waals surface area contributed by atoms with E-state index in [1.807, 2.05) is 48.5 Å². The second-order valence-corrected chi connectivity index (χ2v) is 6.50. The predicted molar refractivity (Wildman–Crippen MR) is 125 cm³/mol. The molecule has 156 valence electrons. The number of aliphatic imine (C=N–C) groups is 1. The Morgan fingerprint density at radius 3 is 2.52 bits per heavy atom. The van der Waals surface area contributed by atoms with Crippen LogP contribution in [0.1, 0.15) is 12.0 Å². The van der Waals surface area contributed by atoms with Crippen molar-refractivity contribution in [2.75, 3.05) is 32.7 Å². The maximum atomic E-state index is 12.4. The summed E-state index contributed by atoms with van der Waals surface area (Å²) in [6, 6.07) is 15.5. The SMILES string of the molecule is CN=C(NCc1ccc(OC)c(OC)c1)NC1CC(=O)N(c2ccccc2)C1.I. The lowest BCUT2D eigenvalue weighted by molar-refractivity contribution is -0.117. The molecule has 29 heavy (non-hydrogen) atoms. The number of guanidine groups is 1. The summed E-state index contributed by atoms with van der Waals surface area (Å²) in [5, 5.41) is 6.62. The van der Waals surface area contributed by atoms with Crippen molar-refractivity contribution in [3.63, 3.8) is 0 Å². The molecule has 1 fully saturated rings. The molecule has 2 N–H and O–H groups in total. The maximum absolute atomic E-state index is 12.4. The maximum Gasteiger partial charge on any atom is 0.229 e. The first-order valence-corrected chi connectivity index (χ1v) is 9.18. The highest BCUT2D eigenvalue weighted by Gasteiger charge is 2.31. The molecule has 8 heteroatoms. The van der Waals surface area contributed by atoms with Crippen molar-refractivity contribution in [2.45, 2.75) is 19.0 Å². The summed E-state index contributed by atoms with van der Waals surface area (Å²) in [4.78, 5) is 18.4. The van der Waals surface area contributed by atoms with Gasteiger partial charge in [-0.25, -0.2) is 0 Å². The van der Waals surface area contributed by atoms with E-state index in [4.69, 9.17) is 9.47 Å². The summed E-state index contributed by atoms with van der Waals surface area (Å²) in [6.45, 7) is 1.18. The van der Waals surface area contributed by atoms with E-state index in [0.29, 0.717) is 37.0 Å². The highest BCUT2D eigenvalue weighted by Crippen LogP contribution is 2.27. The van der Waals surface area contributed by atoms with E-state index in [2.05, 4.69) is 15.6 Å². The van der Waals surface area contributed by atoms with E-state index >= 15 is 0 Å². The van der Waals surface area contributed by atoms with E-state index in [1.54, 1.807) is 26.2 Å². The van der Waals surface area contributed by atoms with Crippen LogP contribution >= 0.6 is 24.0 Å². The van der Waals surface area contributed by atoms with Crippen molar-refractivity contribution in [1.82, 2.24) is 10.6 Å². The van der Waals surface area contributed by atoms with Gasteiger partial charge in [0.2, 0.25) is 5.91 Å². The van der Waals surface area contributed by atoms with Crippen molar-refractivity contribution in [3.8, 4) is 11.5 Å². The van der Waals surface area contributed by atoms with Crippen LogP contribution in [0.2, 0.25) is 0 Å². The summed E-state index contributed by atoms with van der Waals surface area (Å²) in [5.41, 5.74) is 1.96. The summed E-state index contributed by atoms with van der Waals surface area (Å²) in [7, 11) is 4.95. The standard InChI is InChI=1S/C21H26N4O3.HI/c1-22-21(23-13-15-9-10-18(27-2)19(11-15)28-3)24-16-12-20(26)25(14-16)17-7-5-4-6-8-17;/h4-11,16H,12-14H2,1-3H3,(H2,22,23,24);1H. The number of carbonyl (C=O) groups excluding carboxylic acids is 1. The first-order valence-electron chi connectivity index (χ1n) is 9.18. The Morgan fingerprint density at radius 2 is 1.86 bits per heavy atom. The number of hydrogen-bond donors (Lipinski definition) is 2. The van der Waals surface area contributed by atoms with Crippen LogP contribution in [-0.2, 0) is 11.3 Å². The number of anilines is 1. The Balaban J connectivity index is 0.00000300. The molecule has 1 amide bonds. The second-order valence-electron chi connectivity index (χ2n) is 6.50. The molecule has 0 aromatic heterocycles. The average Bonchev–Trinajstić information content (AvgIpc) is 3.11. The molecule has 3 rings (SSSR count). The monoisotopic (exact) mass is 510 g/mol. The van der Waals surface area contributed by atoms with Gasteiger partial charge in [0.1, 0.15) is 0 Å². The van der Waals surface area contributed by atoms with E-state index in [-0.39, 0.29) is 35.9 Å². The Kier molecular flexibility index (Phi) is 8.56. The average molecular weight is 510 g/mol. The third-order valence-electron chi connectivity index (χ3n) is 4.67. The number of benzene rings is 2. The number of carbonyl (C=O) groups is 1. The van der Waals surface area contributed by atoms with E-state index in [1.165, 1.54) is 0 Å².